The lowest BCUT2D eigenvalue weighted by Crippen LogP contribution is -2.54. The van der Waals surface area contributed by atoms with Gasteiger partial charge in [-0.15, -0.1) is 0 Å². The third kappa shape index (κ3) is 1.98. The zero-order valence-electron chi connectivity index (χ0n) is 7.24. The minimum Gasteiger partial charge on any atom is -0.311 e. The predicted molar refractivity (Wildman–Crippen MR) is 45.2 cm³/mol. The summed E-state index contributed by atoms with van der Waals surface area (Å²) in [5.41, 5.74) is 0.523. The van der Waals surface area contributed by atoms with Crippen molar-refractivity contribution in [3.05, 3.63) is 0 Å². The molecule has 1 nitrogen and oxygen atoms in total. The maximum atomic E-state index is 3.48. The highest BCUT2D eigenvalue weighted by atomic mass is 15.0. The summed E-state index contributed by atoms with van der Waals surface area (Å²) in [7, 11) is 0. The predicted octanol–water partition coefficient (Wildman–Crippen LogP) is 2.32. The van der Waals surface area contributed by atoms with Crippen molar-refractivity contribution in [2.75, 3.05) is 6.54 Å². The molecule has 1 unspecified atom stereocenters. The molecule has 1 fully saturated rings. The Kier molecular flexibility index (Phi) is 2.72. The normalized spacial score (nSPS) is 31.8. The Balaban J connectivity index is 2.01. The lowest BCUT2D eigenvalue weighted by Gasteiger charge is -2.40. The molecule has 10 heavy (non-hydrogen) atoms. The molecule has 1 saturated heterocycles. The van der Waals surface area contributed by atoms with Crippen LogP contribution in [0.1, 0.15) is 46.0 Å². The van der Waals surface area contributed by atoms with E-state index in [9.17, 15) is 0 Å². The summed E-state index contributed by atoms with van der Waals surface area (Å²) in [6.07, 6.45) is 6.91. The van der Waals surface area contributed by atoms with E-state index < -0.39 is 0 Å². The highest BCUT2D eigenvalue weighted by Gasteiger charge is 2.29. The molecule has 0 aliphatic carbocycles. The summed E-state index contributed by atoms with van der Waals surface area (Å²) in [5, 5.41) is 3.48. The van der Waals surface area contributed by atoms with Gasteiger partial charge >= 0.3 is 0 Å². The average molecular weight is 141 g/mol. The van der Waals surface area contributed by atoms with Crippen molar-refractivity contribution >= 4 is 0 Å². The summed E-state index contributed by atoms with van der Waals surface area (Å²) < 4.78 is 0. The van der Waals surface area contributed by atoms with E-state index in [1.807, 2.05) is 0 Å². The number of nitrogens with one attached hydrogen (secondary N) is 1. The van der Waals surface area contributed by atoms with Gasteiger partial charge in [0.15, 0.2) is 0 Å². The zero-order chi connectivity index (χ0) is 7.45. The number of hydrogen-bond donors (Lipinski definition) is 1. The number of hydrogen-bond acceptors (Lipinski definition) is 1. The van der Waals surface area contributed by atoms with Gasteiger partial charge in [0.05, 0.1) is 0 Å². The molecule has 1 N–H and O–H groups in total. The maximum absolute atomic E-state index is 3.48. The number of unbranched alkanes of at least 4 members (excludes halogenated alkanes) is 2. The molecular formula is C9H19N. The van der Waals surface area contributed by atoms with E-state index in [4.69, 9.17) is 0 Å². The van der Waals surface area contributed by atoms with Gasteiger partial charge in [0.25, 0.3) is 0 Å². The van der Waals surface area contributed by atoms with Crippen LogP contribution in [0.5, 0.6) is 0 Å². The van der Waals surface area contributed by atoms with E-state index in [0.717, 1.165) is 0 Å². The lowest BCUT2D eigenvalue weighted by molar-refractivity contribution is 0.210. The van der Waals surface area contributed by atoms with Gasteiger partial charge in [-0.1, -0.05) is 26.2 Å². The van der Waals surface area contributed by atoms with Crippen LogP contribution < -0.4 is 5.32 Å². The highest BCUT2D eigenvalue weighted by Crippen LogP contribution is 2.24. The minimum atomic E-state index is 0.523. The molecule has 1 aliphatic heterocycles. The largest absolute Gasteiger partial charge is 0.311 e. The first-order valence-corrected chi connectivity index (χ1v) is 4.52. The van der Waals surface area contributed by atoms with Crippen LogP contribution in [0.2, 0.25) is 0 Å². The summed E-state index contributed by atoms with van der Waals surface area (Å²) in [6.45, 7) is 5.84. The van der Waals surface area contributed by atoms with Gasteiger partial charge < -0.3 is 5.32 Å². The Morgan fingerprint density at radius 3 is 2.50 bits per heavy atom. The highest BCUT2D eigenvalue weighted by molar-refractivity contribution is 4.91. The fraction of sp³-hybridized carbons (Fsp3) is 1.00. The van der Waals surface area contributed by atoms with Crippen LogP contribution in [-0.2, 0) is 0 Å². The maximum Gasteiger partial charge on any atom is 0.0165 e. The van der Waals surface area contributed by atoms with Crippen LogP contribution in [0.15, 0.2) is 0 Å². The van der Waals surface area contributed by atoms with Gasteiger partial charge in [-0.2, -0.15) is 0 Å². The van der Waals surface area contributed by atoms with Gasteiger partial charge in [-0.05, 0) is 26.3 Å². The van der Waals surface area contributed by atoms with Gasteiger partial charge in [0.2, 0.25) is 0 Å². The lowest BCUT2D eigenvalue weighted by atomic mass is 9.85. The number of rotatable bonds is 4. The molecule has 1 heteroatoms. The Hall–Kier alpha value is -0.0400. The van der Waals surface area contributed by atoms with Crippen LogP contribution in [0.3, 0.4) is 0 Å². The minimum absolute atomic E-state index is 0.523. The Labute approximate surface area is 64.2 Å². The van der Waals surface area contributed by atoms with E-state index in [-0.39, 0.29) is 0 Å². The molecule has 1 heterocycles. The van der Waals surface area contributed by atoms with Crippen LogP contribution in [0, 0.1) is 0 Å². The Bertz CT molecular complexity index is 94.9. The first kappa shape index (κ1) is 8.06. The third-order valence-corrected chi connectivity index (χ3v) is 2.56. The van der Waals surface area contributed by atoms with Gasteiger partial charge in [-0.3, -0.25) is 0 Å². The van der Waals surface area contributed by atoms with E-state index in [0.29, 0.717) is 5.54 Å². The van der Waals surface area contributed by atoms with Crippen molar-refractivity contribution in [3.8, 4) is 0 Å². The van der Waals surface area contributed by atoms with Crippen molar-refractivity contribution in [1.82, 2.24) is 5.32 Å². The van der Waals surface area contributed by atoms with Crippen LogP contribution >= 0.6 is 0 Å². The molecular weight excluding hydrogens is 122 g/mol. The van der Waals surface area contributed by atoms with Crippen LogP contribution in [0.25, 0.3) is 0 Å². The fourth-order valence-electron chi connectivity index (χ4n) is 1.53. The van der Waals surface area contributed by atoms with Crippen molar-refractivity contribution in [3.63, 3.8) is 0 Å². The van der Waals surface area contributed by atoms with Crippen LogP contribution in [0.4, 0.5) is 0 Å². The Morgan fingerprint density at radius 1 is 1.40 bits per heavy atom. The van der Waals surface area contributed by atoms with E-state index in [1.165, 1.54) is 38.6 Å². The molecule has 1 atom stereocenters. The molecule has 0 aromatic rings. The van der Waals surface area contributed by atoms with Gasteiger partial charge in [-0.25, -0.2) is 0 Å². The van der Waals surface area contributed by atoms with E-state index in [2.05, 4.69) is 19.2 Å². The molecule has 0 aromatic heterocycles. The fourth-order valence-corrected chi connectivity index (χ4v) is 1.53. The quantitative estimate of drug-likeness (QED) is 0.592. The second kappa shape index (κ2) is 3.38. The summed E-state index contributed by atoms with van der Waals surface area (Å²) >= 11 is 0. The summed E-state index contributed by atoms with van der Waals surface area (Å²) in [4.78, 5) is 0. The smallest absolute Gasteiger partial charge is 0.0165 e. The van der Waals surface area contributed by atoms with Crippen molar-refractivity contribution in [2.24, 2.45) is 0 Å². The molecule has 0 saturated carbocycles. The zero-order valence-corrected chi connectivity index (χ0v) is 7.24. The van der Waals surface area contributed by atoms with Gasteiger partial charge in [0.1, 0.15) is 0 Å². The monoisotopic (exact) mass is 141 g/mol. The molecule has 1 rings (SSSR count). The van der Waals surface area contributed by atoms with Crippen molar-refractivity contribution in [2.45, 2.75) is 51.5 Å². The SMILES string of the molecule is CCCCCC1(C)CCN1. The second-order valence-corrected chi connectivity index (χ2v) is 3.69. The summed E-state index contributed by atoms with van der Waals surface area (Å²) in [5.74, 6) is 0. The topological polar surface area (TPSA) is 12.0 Å². The molecule has 1 aliphatic rings. The second-order valence-electron chi connectivity index (χ2n) is 3.69. The Morgan fingerprint density at radius 2 is 2.10 bits per heavy atom. The molecule has 0 aromatic carbocycles. The van der Waals surface area contributed by atoms with Crippen molar-refractivity contribution < 1.29 is 0 Å². The standard InChI is InChI=1S/C9H19N/c1-3-4-5-6-9(2)7-8-10-9/h10H,3-8H2,1-2H3. The van der Waals surface area contributed by atoms with Crippen molar-refractivity contribution in [1.29, 1.82) is 0 Å². The summed E-state index contributed by atoms with van der Waals surface area (Å²) in [6, 6.07) is 0. The van der Waals surface area contributed by atoms with Crippen LogP contribution in [-0.4, -0.2) is 12.1 Å². The third-order valence-electron chi connectivity index (χ3n) is 2.56. The molecule has 0 amide bonds. The van der Waals surface area contributed by atoms with E-state index >= 15 is 0 Å². The molecule has 0 spiro atoms. The molecule has 0 radical (unpaired) electrons. The van der Waals surface area contributed by atoms with E-state index in [1.54, 1.807) is 0 Å². The first-order valence-electron chi connectivity index (χ1n) is 4.52. The average Bonchev–Trinajstić information content (AvgIpc) is 1.85. The molecule has 60 valence electrons. The first-order chi connectivity index (χ1) is 4.77. The van der Waals surface area contributed by atoms with Gasteiger partial charge in [0, 0.05) is 5.54 Å². The molecule has 0 bridgehead atoms.